The fourth-order valence-corrected chi connectivity index (χ4v) is 1.39. The summed E-state index contributed by atoms with van der Waals surface area (Å²) >= 11 is 0. The summed E-state index contributed by atoms with van der Waals surface area (Å²) in [6.07, 6.45) is 2.05. The highest BCUT2D eigenvalue weighted by Gasteiger charge is 2.24. The van der Waals surface area contributed by atoms with Gasteiger partial charge in [0, 0.05) is 19.0 Å². The maximum Gasteiger partial charge on any atom is 0.242 e. The van der Waals surface area contributed by atoms with Crippen molar-refractivity contribution in [3.63, 3.8) is 0 Å². The lowest BCUT2D eigenvalue weighted by atomic mass is 10.2. The molecular formula is C9H14N2O2. The maximum atomic E-state index is 11.4. The van der Waals surface area contributed by atoms with Crippen molar-refractivity contribution < 1.29 is 9.59 Å². The van der Waals surface area contributed by atoms with E-state index in [4.69, 9.17) is 0 Å². The Morgan fingerprint density at radius 1 is 1.69 bits per heavy atom. The van der Waals surface area contributed by atoms with Crippen molar-refractivity contribution in [1.82, 2.24) is 10.2 Å². The molecule has 2 amide bonds. The first-order valence-corrected chi connectivity index (χ1v) is 4.32. The highest BCUT2D eigenvalue weighted by atomic mass is 16.2. The number of hydrogen-bond acceptors (Lipinski definition) is 2. The Morgan fingerprint density at radius 3 is 3.00 bits per heavy atom. The van der Waals surface area contributed by atoms with Crippen LogP contribution in [0.25, 0.3) is 0 Å². The molecule has 1 N–H and O–H groups in total. The Kier molecular flexibility index (Phi) is 3.06. The third kappa shape index (κ3) is 2.31. The van der Waals surface area contributed by atoms with Crippen molar-refractivity contribution in [2.75, 3.05) is 13.1 Å². The average Bonchev–Trinajstić information content (AvgIpc) is 2.19. The SMILES string of the molecule is C=CCN1C(=O)CNC(=O)CC1C. The quantitative estimate of drug-likeness (QED) is 0.607. The minimum Gasteiger partial charge on any atom is -0.347 e. The second-order valence-electron chi connectivity index (χ2n) is 3.16. The molecule has 0 aliphatic carbocycles. The normalized spacial score (nSPS) is 23.8. The standard InChI is InChI=1S/C9H14N2O2/c1-3-4-11-7(2)5-8(12)10-6-9(11)13/h3,7H,1,4-6H2,2H3,(H,10,12). The monoisotopic (exact) mass is 182 g/mol. The Labute approximate surface area is 77.6 Å². The van der Waals surface area contributed by atoms with Crippen LogP contribution < -0.4 is 5.32 Å². The summed E-state index contributed by atoms with van der Waals surface area (Å²) in [4.78, 5) is 24.2. The minimum absolute atomic E-state index is 0.0343. The van der Waals surface area contributed by atoms with E-state index in [0.29, 0.717) is 13.0 Å². The first-order chi connectivity index (χ1) is 6.15. The molecule has 1 rings (SSSR count). The molecular weight excluding hydrogens is 168 g/mol. The lowest BCUT2D eigenvalue weighted by molar-refractivity contribution is -0.130. The number of nitrogens with one attached hydrogen (secondary N) is 1. The van der Waals surface area contributed by atoms with Gasteiger partial charge in [-0.15, -0.1) is 6.58 Å². The Morgan fingerprint density at radius 2 is 2.38 bits per heavy atom. The summed E-state index contributed by atoms with van der Waals surface area (Å²) in [7, 11) is 0. The van der Waals surface area contributed by atoms with Gasteiger partial charge < -0.3 is 10.2 Å². The van der Waals surface area contributed by atoms with Crippen molar-refractivity contribution in [2.24, 2.45) is 0 Å². The van der Waals surface area contributed by atoms with Crippen LogP contribution in [0.5, 0.6) is 0 Å². The smallest absolute Gasteiger partial charge is 0.242 e. The predicted molar refractivity (Wildman–Crippen MR) is 49.0 cm³/mol. The maximum absolute atomic E-state index is 11.4. The molecule has 1 heterocycles. The Balaban J connectivity index is 2.72. The van der Waals surface area contributed by atoms with E-state index in [9.17, 15) is 9.59 Å². The number of nitrogens with zero attached hydrogens (tertiary/aromatic N) is 1. The Bertz CT molecular complexity index is 238. The molecule has 0 radical (unpaired) electrons. The molecule has 4 heteroatoms. The zero-order valence-electron chi connectivity index (χ0n) is 7.75. The van der Waals surface area contributed by atoms with Gasteiger partial charge >= 0.3 is 0 Å². The first kappa shape index (κ1) is 9.77. The largest absolute Gasteiger partial charge is 0.347 e. The fraction of sp³-hybridized carbons (Fsp3) is 0.556. The second kappa shape index (κ2) is 4.07. The highest BCUT2D eigenvalue weighted by molar-refractivity contribution is 5.87. The van der Waals surface area contributed by atoms with Gasteiger partial charge in [0.1, 0.15) is 0 Å². The van der Waals surface area contributed by atoms with Gasteiger partial charge in [-0.2, -0.15) is 0 Å². The minimum atomic E-state index is -0.0626. The molecule has 72 valence electrons. The fourth-order valence-electron chi connectivity index (χ4n) is 1.39. The molecule has 1 aliphatic rings. The van der Waals surface area contributed by atoms with Crippen LogP contribution in [0.4, 0.5) is 0 Å². The van der Waals surface area contributed by atoms with Crippen molar-refractivity contribution in [3.8, 4) is 0 Å². The average molecular weight is 182 g/mol. The van der Waals surface area contributed by atoms with E-state index in [1.165, 1.54) is 0 Å². The molecule has 4 nitrogen and oxygen atoms in total. The number of hydrogen-bond donors (Lipinski definition) is 1. The topological polar surface area (TPSA) is 49.4 Å². The molecule has 0 spiro atoms. The summed E-state index contributed by atoms with van der Waals surface area (Å²) in [6, 6.07) is -0.0343. The zero-order valence-corrected chi connectivity index (χ0v) is 7.75. The number of rotatable bonds is 2. The van der Waals surface area contributed by atoms with E-state index in [-0.39, 0.29) is 24.4 Å². The number of carbonyl (C=O) groups excluding carboxylic acids is 2. The van der Waals surface area contributed by atoms with E-state index >= 15 is 0 Å². The zero-order chi connectivity index (χ0) is 9.84. The molecule has 1 unspecified atom stereocenters. The number of carbonyl (C=O) groups is 2. The molecule has 0 aromatic rings. The van der Waals surface area contributed by atoms with Gasteiger partial charge in [0.05, 0.1) is 6.54 Å². The molecule has 1 atom stereocenters. The van der Waals surface area contributed by atoms with Crippen molar-refractivity contribution >= 4 is 11.8 Å². The molecule has 0 bridgehead atoms. The van der Waals surface area contributed by atoms with Crippen LogP contribution in [-0.4, -0.2) is 35.8 Å². The first-order valence-electron chi connectivity index (χ1n) is 4.32. The summed E-state index contributed by atoms with van der Waals surface area (Å²) < 4.78 is 0. The summed E-state index contributed by atoms with van der Waals surface area (Å²) in [6.45, 7) is 6.06. The molecule has 0 saturated carbocycles. The molecule has 1 aliphatic heterocycles. The summed E-state index contributed by atoms with van der Waals surface area (Å²) in [5.41, 5.74) is 0. The van der Waals surface area contributed by atoms with Gasteiger partial charge in [-0.1, -0.05) is 6.08 Å². The van der Waals surface area contributed by atoms with E-state index in [1.807, 2.05) is 6.92 Å². The van der Waals surface area contributed by atoms with Crippen LogP contribution >= 0.6 is 0 Å². The van der Waals surface area contributed by atoms with Crippen molar-refractivity contribution in [3.05, 3.63) is 12.7 Å². The molecule has 0 aromatic carbocycles. The van der Waals surface area contributed by atoms with Crippen LogP contribution in [0.15, 0.2) is 12.7 Å². The van der Waals surface area contributed by atoms with Gasteiger partial charge in [-0.3, -0.25) is 9.59 Å². The predicted octanol–water partition coefficient (Wildman–Crippen LogP) is -0.0906. The van der Waals surface area contributed by atoms with Crippen LogP contribution in [0.3, 0.4) is 0 Å². The van der Waals surface area contributed by atoms with E-state index in [0.717, 1.165) is 0 Å². The van der Waals surface area contributed by atoms with Crippen LogP contribution in [0, 0.1) is 0 Å². The summed E-state index contributed by atoms with van der Waals surface area (Å²) in [5.74, 6) is -0.106. The van der Waals surface area contributed by atoms with Gasteiger partial charge in [-0.25, -0.2) is 0 Å². The van der Waals surface area contributed by atoms with Gasteiger partial charge in [0.15, 0.2) is 0 Å². The second-order valence-corrected chi connectivity index (χ2v) is 3.16. The molecule has 1 fully saturated rings. The molecule has 13 heavy (non-hydrogen) atoms. The summed E-state index contributed by atoms with van der Waals surface area (Å²) in [5, 5.41) is 2.55. The lowest BCUT2D eigenvalue weighted by Crippen LogP contribution is -2.39. The van der Waals surface area contributed by atoms with Gasteiger partial charge in [0.25, 0.3) is 0 Å². The lowest BCUT2D eigenvalue weighted by Gasteiger charge is -2.24. The van der Waals surface area contributed by atoms with Crippen molar-refractivity contribution in [2.45, 2.75) is 19.4 Å². The Hall–Kier alpha value is -1.32. The van der Waals surface area contributed by atoms with Gasteiger partial charge in [-0.05, 0) is 6.92 Å². The van der Waals surface area contributed by atoms with Crippen LogP contribution in [-0.2, 0) is 9.59 Å². The van der Waals surface area contributed by atoms with Gasteiger partial charge in [0.2, 0.25) is 11.8 Å². The van der Waals surface area contributed by atoms with Crippen LogP contribution in [0.2, 0.25) is 0 Å². The molecule has 0 aromatic heterocycles. The molecule has 1 saturated heterocycles. The van der Waals surface area contributed by atoms with E-state index < -0.39 is 0 Å². The van der Waals surface area contributed by atoms with Crippen LogP contribution in [0.1, 0.15) is 13.3 Å². The number of amides is 2. The third-order valence-corrected chi connectivity index (χ3v) is 2.10. The van der Waals surface area contributed by atoms with E-state index in [1.54, 1.807) is 11.0 Å². The highest BCUT2D eigenvalue weighted by Crippen LogP contribution is 2.07. The van der Waals surface area contributed by atoms with E-state index in [2.05, 4.69) is 11.9 Å². The van der Waals surface area contributed by atoms with Crippen molar-refractivity contribution in [1.29, 1.82) is 0 Å². The third-order valence-electron chi connectivity index (χ3n) is 2.10.